The van der Waals surface area contributed by atoms with Crippen LogP contribution in [0.1, 0.15) is 24.9 Å². The summed E-state index contributed by atoms with van der Waals surface area (Å²) in [5, 5.41) is 9.96. The molecule has 4 nitrogen and oxygen atoms in total. The molecule has 1 aliphatic rings. The maximum atomic E-state index is 9.96. The van der Waals surface area contributed by atoms with Crippen molar-refractivity contribution in [3.05, 3.63) is 28.2 Å². The van der Waals surface area contributed by atoms with E-state index < -0.39 is 0 Å². The second-order valence-corrected chi connectivity index (χ2v) is 6.81. The molecule has 5 heteroatoms. The highest BCUT2D eigenvalue weighted by Gasteiger charge is 2.31. The quantitative estimate of drug-likeness (QED) is 0.879. The number of aliphatic hydroxyl groups is 1. The molecule has 112 valence electrons. The van der Waals surface area contributed by atoms with Gasteiger partial charge in [-0.1, -0.05) is 22.0 Å². The van der Waals surface area contributed by atoms with Crippen LogP contribution in [0.4, 0.5) is 5.69 Å². The molecule has 0 amide bonds. The molecular weight excluding hydrogens is 318 g/mol. The number of hydrogen-bond donors (Lipinski definition) is 2. The van der Waals surface area contributed by atoms with Gasteiger partial charge >= 0.3 is 0 Å². The number of likely N-dealkylation sites (N-methyl/N-ethyl adjacent to an activating group) is 1. The van der Waals surface area contributed by atoms with Crippen molar-refractivity contribution in [2.75, 3.05) is 32.1 Å². The predicted molar refractivity (Wildman–Crippen MR) is 87.1 cm³/mol. The molecule has 0 aliphatic carbocycles. The van der Waals surface area contributed by atoms with Crippen LogP contribution in [0.25, 0.3) is 0 Å². The van der Waals surface area contributed by atoms with Gasteiger partial charge in [-0.15, -0.1) is 0 Å². The van der Waals surface area contributed by atoms with Crippen LogP contribution >= 0.6 is 15.9 Å². The molecule has 1 saturated heterocycles. The fraction of sp³-hybridized carbons (Fsp3) is 0.600. The van der Waals surface area contributed by atoms with E-state index in [1.54, 1.807) is 0 Å². The van der Waals surface area contributed by atoms with Crippen molar-refractivity contribution < 1.29 is 5.11 Å². The van der Waals surface area contributed by atoms with E-state index in [0.29, 0.717) is 12.6 Å². The standard InChI is InChI=1S/C15H24BrN3O/c1-10(17)14-5-4-11(7-15(14)16)19-9-13(20)6-12(19)8-18(2)3/h4-5,7,10,12-13,20H,6,8-9,17H2,1-3H3/t10-,12?,13?/m1/s1. The van der Waals surface area contributed by atoms with E-state index in [4.69, 9.17) is 5.73 Å². The number of hydrogen-bond acceptors (Lipinski definition) is 4. The number of aliphatic hydroxyl groups excluding tert-OH is 1. The first kappa shape index (κ1) is 15.8. The highest BCUT2D eigenvalue weighted by Crippen LogP contribution is 2.31. The Labute approximate surface area is 129 Å². The van der Waals surface area contributed by atoms with E-state index in [9.17, 15) is 5.11 Å². The molecule has 0 aromatic heterocycles. The van der Waals surface area contributed by atoms with Crippen molar-refractivity contribution in [3.8, 4) is 0 Å². The zero-order valence-corrected chi connectivity index (χ0v) is 14.0. The monoisotopic (exact) mass is 341 g/mol. The zero-order chi connectivity index (χ0) is 14.9. The largest absolute Gasteiger partial charge is 0.391 e. The minimum absolute atomic E-state index is 0.0140. The summed E-state index contributed by atoms with van der Waals surface area (Å²) in [6, 6.07) is 6.65. The van der Waals surface area contributed by atoms with Gasteiger partial charge in [0.25, 0.3) is 0 Å². The first-order chi connectivity index (χ1) is 9.38. The Bertz CT molecular complexity index is 464. The number of β-amino-alcohol motifs (C(OH)–C–C–N with tert-alkyl or cyclic N) is 1. The Balaban J connectivity index is 2.23. The fourth-order valence-corrected chi connectivity index (χ4v) is 3.59. The van der Waals surface area contributed by atoms with Crippen molar-refractivity contribution in [1.29, 1.82) is 0 Å². The topological polar surface area (TPSA) is 52.7 Å². The van der Waals surface area contributed by atoms with Crippen LogP contribution in [0.15, 0.2) is 22.7 Å². The summed E-state index contributed by atoms with van der Waals surface area (Å²) in [6.07, 6.45) is 0.581. The lowest BCUT2D eigenvalue weighted by Gasteiger charge is -2.29. The minimum atomic E-state index is -0.244. The normalized spacial score (nSPS) is 24.4. The number of rotatable bonds is 4. The van der Waals surface area contributed by atoms with Crippen LogP contribution in [0.5, 0.6) is 0 Å². The molecule has 0 bridgehead atoms. The molecule has 1 aromatic rings. The van der Waals surface area contributed by atoms with Gasteiger partial charge in [0.1, 0.15) is 0 Å². The number of anilines is 1. The lowest BCUT2D eigenvalue weighted by Crippen LogP contribution is -2.37. The first-order valence-corrected chi connectivity index (χ1v) is 7.82. The van der Waals surface area contributed by atoms with Crippen molar-refractivity contribution >= 4 is 21.6 Å². The molecule has 0 saturated carbocycles. The third kappa shape index (κ3) is 3.52. The molecule has 2 unspecified atom stereocenters. The van der Waals surface area contributed by atoms with Crippen molar-refractivity contribution in [2.24, 2.45) is 5.73 Å². The molecule has 20 heavy (non-hydrogen) atoms. The molecule has 1 aliphatic heterocycles. The van der Waals surface area contributed by atoms with Gasteiger partial charge in [0.2, 0.25) is 0 Å². The van der Waals surface area contributed by atoms with E-state index >= 15 is 0 Å². The second-order valence-electron chi connectivity index (χ2n) is 5.95. The van der Waals surface area contributed by atoms with Crippen LogP contribution in [0.2, 0.25) is 0 Å². The van der Waals surface area contributed by atoms with Gasteiger partial charge in [-0.25, -0.2) is 0 Å². The highest BCUT2D eigenvalue weighted by molar-refractivity contribution is 9.10. The summed E-state index contributed by atoms with van der Waals surface area (Å²) < 4.78 is 1.04. The Kier molecular flexibility index (Phi) is 5.07. The smallest absolute Gasteiger partial charge is 0.0735 e. The summed E-state index contributed by atoms with van der Waals surface area (Å²) in [6.45, 7) is 3.63. The maximum Gasteiger partial charge on any atom is 0.0735 e. The highest BCUT2D eigenvalue weighted by atomic mass is 79.9. The molecule has 1 fully saturated rings. The predicted octanol–water partition coefficient (Wildman–Crippen LogP) is 1.97. The van der Waals surface area contributed by atoms with Crippen molar-refractivity contribution in [3.63, 3.8) is 0 Å². The Morgan fingerprint density at radius 2 is 2.20 bits per heavy atom. The summed E-state index contributed by atoms with van der Waals surface area (Å²) in [4.78, 5) is 4.46. The molecular formula is C15H24BrN3O. The van der Waals surface area contributed by atoms with Gasteiger partial charge in [0, 0.05) is 35.3 Å². The van der Waals surface area contributed by atoms with Gasteiger partial charge < -0.3 is 20.6 Å². The summed E-state index contributed by atoms with van der Waals surface area (Å²) in [5.41, 5.74) is 8.20. The van der Waals surface area contributed by atoms with E-state index in [-0.39, 0.29) is 12.1 Å². The second kappa shape index (κ2) is 6.43. The van der Waals surface area contributed by atoms with Crippen LogP contribution in [-0.4, -0.2) is 49.3 Å². The van der Waals surface area contributed by atoms with E-state index in [0.717, 1.165) is 28.7 Å². The SMILES string of the molecule is C[C@@H](N)c1ccc(N2CC(O)CC2CN(C)C)cc1Br. The molecule has 0 spiro atoms. The van der Waals surface area contributed by atoms with Gasteiger partial charge in [0.05, 0.1) is 6.10 Å². The van der Waals surface area contributed by atoms with Crippen molar-refractivity contribution in [2.45, 2.75) is 31.5 Å². The third-order valence-corrected chi connectivity index (χ3v) is 4.46. The number of nitrogens with two attached hydrogens (primary N) is 1. The van der Waals surface area contributed by atoms with Gasteiger partial charge in [-0.2, -0.15) is 0 Å². The summed E-state index contributed by atoms with van der Waals surface area (Å²) >= 11 is 3.60. The molecule has 1 aromatic carbocycles. The van der Waals surface area contributed by atoms with E-state index in [1.807, 2.05) is 6.92 Å². The minimum Gasteiger partial charge on any atom is -0.391 e. The van der Waals surface area contributed by atoms with E-state index in [2.05, 4.69) is 58.0 Å². The van der Waals surface area contributed by atoms with E-state index in [1.165, 1.54) is 0 Å². The first-order valence-electron chi connectivity index (χ1n) is 7.03. The summed E-state index contributed by atoms with van der Waals surface area (Å²) in [5.74, 6) is 0. The van der Waals surface area contributed by atoms with Gasteiger partial charge in [-0.3, -0.25) is 0 Å². The average molecular weight is 342 g/mol. The lowest BCUT2D eigenvalue weighted by molar-refractivity contribution is 0.191. The van der Waals surface area contributed by atoms with Gasteiger partial charge in [0.15, 0.2) is 0 Å². The molecule has 3 N–H and O–H groups in total. The third-order valence-electron chi connectivity index (χ3n) is 3.77. The molecule has 3 atom stereocenters. The van der Waals surface area contributed by atoms with Crippen LogP contribution in [0.3, 0.4) is 0 Å². The van der Waals surface area contributed by atoms with Crippen LogP contribution < -0.4 is 10.6 Å². The maximum absolute atomic E-state index is 9.96. The lowest BCUT2D eigenvalue weighted by atomic mass is 10.1. The number of benzene rings is 1. The van der Waals surface area contributed by atoms with Crippen LogP contribution in [0, 0.1) is 0 Å². The summed E-state index contributed by atoms with van der Waals surface area (Å²) in [7, 11) is 4.13. The molecule has 0 radical (unpaired) electrons. The average Bonchev–Trinajstić information content (AvgIpc) is 2.68. The molecule has 2 rings (SSSR count). The van der Waals surface area contributed by atoms with Crippen LogP contribution in [-0.2, 0) is 0 Å². The fourth-order valence-electron chi connectivity index (χ4n) is 2.87. The molecule has 1 heterocycles. The van der Waals surface area contributed by atoms with Crippen molar-refractivity contribution in [1.82, 2.24) is 4.90 Å². The zero-order valence-electron chi connectivity index (χ0n) is 12.4. The number of nitrogens with zero attached hydrogens (tertiary/aromatic N) is 2. The number of halogens is 1. The Hall–Kier alpha value is -0.620. The Morgan fingerprint density at radius 3 is 2.75 bits per heavy atom. The Morgan fingerprint density at radius 1 is 1.50 bits per heavy atom. The van der Waals surface area contributed by atoms with Gasteiger partial charge in [-0.05, 0) is 45.1 Å².